The maximum atomic E-state index is 10.8. The molecule has 0 aliphatic heterocycles. The van der Waals surface area contributed by atoms with E-state index in [1.54, 1.807) is 0 Å². The summed E-state index contributed by atoms with van der Waals surface area (Å²) in [5.74, 6) is 3.03. The smallest absolute Gasteiger partial charge is 0.0594 e. The van der Waals surface area contributed by atoms with Crippen molar-refractivity contribution in [2.75, 3.05) is 6.61 Å². The standard InChI is InChI=1S/C27H46O2/c1-23(2)20-10-14-26(5)21(24(20,3)13-11-22(23)29)9-8-18-19-7-6-12-27(19,17-28)16-15-25(18,26)4/h18-22,28-29H,6-17H2,1-5H3/t18?,19?,20?,21?,22?,24-,25+,26?,27?/m0/s1. The van der Waals surface area contributed by atoms with E-state index in [2.05, 4.69) is 34.6 Å². The molecule has 0 bridgehead atoms. The number of aliphatic hydroxyl groups is 2. The number of aliphatic hydroxyl groups excluding tert-OH is 2. The first-order valence-corrected chi connectivity index (χ1v) is 12.8. The molecule has 0 aromatic rings. The van der Waals surface area contributed by atoms with E-state index in [4.69, 9.17) is 0 Å². The highest BCUT2D eigenvalue weighted by Crippen LogP contribution is 2.76. The van der Waals surface area contributed by atoms with Crippen molar-refractivity contribution < 1.29 is 10.2 Å². The molecule has 5 rings (SSSR count). The molecule has 0 amide bonds. The lowest BCUT2D eigenvalue weighted by molar-refractivity contribution is -0.247. The molecule has 5 fully saturated rings. The van der Waals surface area contributed by atoms with Gasteiger partial charge in [0, 0.05) is 6.61 Å². The third-order valence-corrected chi connectivity index (χ3v) is 12.8. The molecule has 7 unspecified atom stereocenters. The van der Waals surface area contributed by atoms with E-state index in [9.17, 15) is 10.2 Å². The fourth-order valence-electron chi connectivity index (χ4n) is 11.0. The van der Waals surface area contributed by atoms with Gasteiger partial charge in [0.05, 0.1) is 6.10 Å². The molecule has 166 valence electrons. The van der Waals surface area contributed by atoms with Crippen LogP contribution in [0.25, 0.3) is 0 Å². The molecule has 29 heavy (non-hydrogen) atoms. The van der Waals surface area contributed by atoms with Gasteiger partial charge in [0.2, 0.25) is 0 Å². The van der Waals surface area contributed by atoms with Crippen molar-refractivity contribution in [3.8, 4) is 0 Å². The third kappa shape index (κ3) is 2.37. The molecule has 5 saturated carbocycles. The predicted octanol–water partition coefficient (Wildman–Crippen LogP) is 6.20. The fraction of sp³-hybridized carbons (Fsp3) is 1.00. The highest BCUT2D eigenvalue weighted by atomic mass is 16.3. The van der Waals surface area contributed by atoms with Gasteiger partial charge in [-0.1, -0.05) is 41.0 Å². The summed E-state index contributed by atoms with van der Waals surface area (Å²) in [5.41, 5.74) is 1.54. The van der Waals surface area contributed by atoms with Crippen LogP contribution in [0.15, 0.2) is 0 Å². The lowest BCUT2D eigenvalue weighted by atomic mass is 9.32. The molecule has 2 heteroatoms. The van der Waals surface area contributed by atoms with Crippen LogP contribution < -0.4 is 0 Å². The largest absolute Gasteiger partial charge is 0.396 e. The van der Waals surface area contributed by atoms with Gasteiger partial charge in [0.15, 0.2) is 0 Å². The Balaban J connectivity index is 1.53. The molecule has 9 atom stereocenters. The maximum absolute atomic E-state index is 10.8. The maximum Gasteiger partial charge on any atom is 0.0594 e. The Morgan fingerprint density at radius 2 is 1.45 bits per heavy atom. The van der Waals surface area contributed by atoms with Crippen LogP contribution in [0.2, 0.25) is 0 Å². The van der Waals surface area contributed by atoms with Gasteiger partial charge in [0.1, 0.15) is 0 Å². The van der Waals surface area contributed by atoms with Gasteiger partial charge in [-0.3, -0.25) is 0 Å². The Bertz CT molecular complexity index is 671. The number of rotatable bonds is 1. The second kappa shape index (κ2) is 6.25. The Kier molecular flexibility index (Phi) is 4.48. The van der Waals surface area contributed by atoms with E-state index in [1.165, 1.54) is 64.2 Å². The quantitative estimate of drug-likeness (QED) is 0.548. The van der Waals surface area contributed by atoms with Crippen molar-refractivity contribution in [3.05, 3.63) is 0 Å². The van der Waals surface area contributed by atoms with Crippen molar-refractivity contribution in [2.24, 2.45) is 50.7 Å². The van der Waals surface area contributed by atoms with E-state index in [1.807, 2.05) is 0 Å². The van der Waals surface area contributed by atoms with Crippen LogP contribution in [0.4, 0.5) is 0 Å². The third-order valence-electron chi connectivity index (χ3n) is 12.8. The Morgan fingerprint density at radius 3 is 2.17 bits per heavy atom. The summed E-state index contributed by atoms with van der Waals surface area (Å²) in [6, 6.07) is 0. The van der Waals surface area contributed by atoms with Crippen LogP contribution in [-0.4, -0.2) is 22.9 Å². The van der Waals surface area contributed by atoms with E-state index in [0.29, 0.717) is 28.8 Å². The van der Waals surface area contributed by atoms with Crippen LogP contribution >= 0.6 is 0 Å². The fourth-order valence-corrected chi connectivity index (χ4v) is 11.0. The highest BCUT2D eigenvalue weighted by molar-refractivity contribution is 5.18. The van der Waals surface area contributed by atoms with Crippen LogP contribution in [-0.2, 0) is 0 Å². The summed E-state index contributed by atoms with van der Waals surface area (Å²) in [4.78, 5) is 0. The van der Waals surface area contributed by atoms with Gasteiger partial charge < -0.3 is 10.2 Å². The second-order valence-corrected chi connectivity index (χ2v) is 13.6. The molecular formula is C27H46O2. The Morgan fingerprint density at radius 1 is 0.690 bits per heavy atom. The van der Waals surface area contributed by atoms with Gasteiger partial charge >= 0.3 is 0 Å². The zero-order chi connectivity index (χ0) is 20.9. The molecule has 5 aliphatic rings. The van der Waals surface area contributed by atoms with E-state index in [-0.39, 0.29) is 16.9 Å². The molecule has 0 radical (unpaired) electrons. The molecule has 0 saturated heterocycles. The summed E-state index contributed by atoms with van der Waals surface area (Å²) in [6.07, 6.45) is 14.0. The second-order valence-electron chi connectivity index (χ2n) is 13.6. The van der Waals surface area contributed by atoms with Crippen LogP contribution in [0, 0.1) is 50.7 Å². The molecule has 5 aliphatic carbocycles. The minimum atomic E-state index is -0.129. The molecule has 2 nitrogen and oxygen atoms in total. The summed E-state index contributed by atoms with van der Waals surface area (Å²) < 4.78 is 0. The van der Waals surface area contributed by atoms with Crippen LogP contribution in [0.1, 0.15) is 105 Å². The zero-order valence-corrected chi connectivity index (χ0v) is 19.8. The summed E-state index contributed by atoms with van der Waals surface area (Å²) >= 11 is 0. The van der Waals surface area contributed by atoms with Gasteiger partial charge in [-0.05, 0) is 115 Å². The summed E-state index contributed by atoms with van der Waals surface area (Å²) in [6.45, 7) is 13.1. The average Bonchev–Trinajstić information content (AvgIpc) is 3.10. The van der Waals surface area contributed by atoms with E-state index < -0.39 is 0 Å². The minimum Gasteiger partial charge on any atom is -0.396 e. The van der Waals surface area contributed by atoms with Crippen molar-refractivity contribution in [2.45, 2.75) is 111 Å². The lowest BCUT2D eigenvalue weighted by Gasteiger charge is -2.72. The first-order chi connectivity index (χ1) is 13.6. The predicted molar refractivity (Wildman–Crippen MR) is 118 cm³/mol. The number of fused-ring (bicyclic) bond motifs is 7. The first kappa shape index (κ1) is 20.8. The van der Waals surface area contributed by atoms with Gasteiger partial charge in [-0.2, -0.15) is 0 Å². The normalized spacial score (nSPS) is 58.7. The van der Waals surface area contributed by atoms with Crippen molar-refractivity contribution in [1.29, 1.82) is 0 Å². The Labute approximate surface area is 179 Å². The average molecular weight is 403 g/mol. The molecule has 0 aromatic carbocycles. The van der Waals surface area contributed by atoms with Crippen LogP contribution in [0.3, 0.4) is 0 Å². The zero-order valence-electron chi connectivity index (χ0n) is 19.8. The molecule has 0 aromatic heterocycles. The summed E-state index contributed by atoms with van der Waals surface area (Å²) in [5, 5.41) is 21.2. The monoisotopic (exact) mass is 402 g/mol. The number of hydrogen-bond acceptors (Lipinski definition) is 2. The van der Waals surface area contributed by atoms with E-state index >= 15 is 0 Å². The molecule has 0 spiro atoms. The van der Waals surface area contributed by atoms with Gasteiger partial charge in [-0.25, -0.2) is 0 Å². The minimum absolute atomic E-state index is 0.0517. The molecular weight excluding hydrogens is 356 g/mol. The van der Waals surface area contributed by atoms with Gasteiger partial charge in [-0.15, -0.1) is 0 Å². The topological polar surface area (TPSA) is 40.5 Å². The van der Waals surface area contributed by atoms with Crippen molar-refractivity contribution in [1.82, 2.24) is 0 Å². The van der Waals surface area contributed by atoms with Crippen molar-refractivity contribution >= 4 is 0 Å². The van der Waals surface area contributed by atoms with E-state index in [0.717, 1.165) is 24.2 Å². The summed E-state index contributed by atoms with van der Waals surface area (Å²) in [7, 11) is 0. The highest BCUT2D eigenvalue weighted by Gasteiger charge is 2.69. The molecule has 2 N–H and O–H groups in total. The van der Waals surface area contributed by atoms with Gasteiger partial charge in [0.25, 0.3) is 0 Å². The SMILES string of the molecule is CC1(C)C(O)CC[C@@]2(C)C1CCC1(C)C2CCC2C3CCCC3(CO)CC[C@]21C. The Hall–Kier alpha value is -0.0800. The van der Waals surface area contributed by atoms with Crippen molar-refractivity contribution in [3.63, 3.8) is 0 Å². The first-order valence-electron chi connectivity index (χ1n) is 12.8. The van der Waals surface area contributed by atoms with Crippen LogP contribution in [0.5, 0.6) is 0 Å². The lowest BCUT2D eigenvalue weighted by Crippen LogP contribution is -2.66. The molecule has 0 heterocycles. The number of hydrogen-bond donors (Lipinski definition) is 2.